The Labute approximate surface area is 264 Å². The van der Waals surface area contributed by atoms with Gasteiger partial charge in [0.05, 0.1) is 0 Å². The van der Waals surface area contributed by atoms with Crippen LogP contribution < -0.4 is 24.8 Å². The number of benzene rings is 2. The van der Waals surface area contributed by atoms with Crippen LogP contribution in [0.3, 0.4) is 0 Å². The summed E-state index contributed by atoms with van der Waals surface area (Å²) in [7, 11) is 0.623. The van der Waals surface area contributed by atoms with E-state index in [0.29, 0.717) is 9.84 Å². The van der Waals surface area contributed by atoms with E-state index in [2.05, 4.69) is 122 Å². The molecule has 0 saturated heterocycles. The average molecular weight is 641 g/mol. The first kappa shape index (κ1) is 38.4. The Balaban J connectivity index is 0. The number of halogens is 2. The molecule has 0 aliphatic heterocycles. The minimum absolute atomic E-state index is 0. The van der Waals surface area contributed by atoms with Crippen molar-refractivity contribution in [2.24, 2.45) is 0 Å². The second kappa shape index (κ2) is 22.1. The zero-order valence-electron chi connectivity index (χ0n) is 22.5. The van der Waals surface area contributed by atoms with E-state index in [0.717, 1.165) is 26.2 Å². The molecule has 0 spiro atoms. The van der Waals surface area contributed by atoms with Gasteiger partial charge < -0.3 is 33.9 Å². The Morgan fingerprint density at radius 2 is 0.947 bits per heavy atom. The molecule has 4 rings (SSSR count). The summed E-state index contributed by atoms with van der Waals surface area (Å²) in [5.41, 5.74) is 2.70. The van der Waals surface area contributed by atoms with Gasteiger partial charge in [-0.1, -0.05) is 50.3 Å². The van der Waals surface area contributed by atoms with E-state index < -0.39 is 0 Å². The van der Waals surface area contributed by atoms with Gasteiger partial charge in [-0.3, -0.25) is 0 Å². The standard InChI is InChI=1S/C12H20N2Si.2C10H9.2ClH.Zr/c1-5-9-13(10-6-2)15-14(11-7-3)12-8-4;2*1-8-6-9-4-2-3-5-10(9)7-8;;;/h5-8H,1-4,9-12H2;2*2-7H,1H3;2*1H;/q;2*-1;;;+4/p-2. The van der Waals surface area contributed by atoms with Gasteiger partial charge >= 0.3 is 26.2 Å². The van der Waals surface area contributed by atoms with E-state index in [-0.39, 0.29) is 51.0 Å². The van der Waals surface area contributed by atoms with Crippen LogP contribution in [-0.2, 0) is 26.2 Å². The minimum atomic E-state index is 0. The maximum absolute atomic E-state index is 3.75. The van der Waals surface area contributed by atoms with E-state index in [9.17, 15) is 0 Å². The Hall–Kier alpha value is -1.78. The van der Waals surface area contributed by atoms with Gasteiger partial charge in [0.1, 0.15) is 0 Å². The van der Waals surface area contributed by atoms with Crippen LogP contribution in [0.25, 0.3) is 21.5 Å². The number of nitrogens with zero attached hydrogens (tertiary/aromatic N) is 2. The molecular formula is C32H38Cl2N2SiZr. The normalized spacial score (nSPS) is 9.58. The molecule has 4 aromatic rings. The SMILES string of the molecule is C=CCN(CC=C)[Si]N(CC=C)CC=C.Cc1cc2ccccc2[cH-]1.Cc1cc2ccccc2[cH-]1.[Cl-].[Cl-].[Zr+4]. The van der Waals surface area contributed by atoms with Crippen molar-refractivity contribution < 1.29 is 51.0 Å². The summed E-state index contributed by atoms with van der Waals surface area (Å²) >= 11 is 0. The van der Waals surface area contributed by atoms with E-state index in [1.165, 1.54) is 32.7 Å². The predicted octanol–water partition coefficient (Wildman–Crippen LogP) is 1.61. The molecule has 0 heterocycles. The molecular weight excluding hydrogens is 603 g/mol. The second-order valence-electron chi connectivity index (χ2n) is 8.39. The van der Waals surface area contributed by atoms with Crippen LogP contribution in [0.2, 0.25) is 0 Å². The Morgan fingerprint density at radius 3 is 1.24 bits per heavy atom. The van der Waals surface area contributed by atoms with Crippen molar-refractivity contribution in [3.8, 4) is 0 Å². The van der Waals surface area contributed by atoms with Crippen LogP contribution in [0.1, 0.15) is 11.1 Å². The van der Waals surface area contributed by atoms with Gasteiger partial charge in [-0.2, -0.15) is 12.1 Å². The molecule has 0 N–H and O–H groups in total. The van der Waals surface area contributed by atoms with Crippen molar-refractivity contribution in [1.29, 1.82) is 0 Å². The largest absolute Gasteiger partial charge is 4.00 e. The Bertz CT molecular complexity index is 1030. The van der Waals surface area contributed by atoms with Gasteiger partial charge in [-0.25, -0.2) is 0 Å². The first-order valence-corrected chi connectivity index (χ1v) is 12.8. The van der Waals surface area contributed by atoms with Gasteiger partial charge in [0.25, 0.3) is 9.84 Å². The van der Waals surface area contributed by atoms with E-state index in [1.54, 1.807) is 0 Å². The molecule has 0 aromatic heterocycles. The minimum Gasteiger partial charge on any atom is -1.00 e. The average Bonchev–Trinajstić information content (AvgIpc) is 3.41. The van der Waals surface area contributed by atoms with Crippen LogP contribution in [0.15, 0.2) is 123 Å². The summed E-state index contributed by atoms with van der Waals surface area (Å²) in [5.74, 6) is 0. The van der Waals surface area contributed by atoms with Crippen LogP contribution >= 0.6 is 0 Å². The number of hydrogen-bond donors (Lipinski definition) is 0. The number of aryl methyl sites for hydroxylation is 2. The Kier molecular flexibility index (Phi) is 22.3. The molecule has 2 radical (unpaired) electrons. The van der Waals surface area contributed by atoms with Gasteiger partial charge in [0.2, 0.25) is 0 Å². The molecule has 0 unspecified atom stereocenters. The van der Waals surface area contributed by atoms with Crippen molar-refractivity contribution in [3.63, 3.8) is 0 Å². The van der Waals surface area contributed by atoms with Crippen molar-refractivity contribution in [2.45, 2.75) is 13.8 Å². The zero-order valence-corrected chi connectivity index (χ0v) is 27.5. The third-order valence-corrected chi connectivity index (χ3v) is 6.50. The first-order valence-electron chi connectivity index (χ1n) is 11.9. The van der Waals surface area contributed by atoms with Crippen LogP contribution in [0.4, 0.5) is 0 Å². The van der Waals surface area contributed by atoms with Crippen LogP contribution in [-0.4, -0.2) is 45.2 Å². The van der Waals surface area contributed by atoms with Gasteiger partial charge in [0.15, 0.2) is 0 Å². The fourth-order valence-electron chi connectivity index (χ4n) is 3.75. The molecule has 0 saturated carbocycles. The van der Waals surface area contributed by atoms with E-state index in [4.69, 9.17) is 0 Å². The summed E-state index contributed by atoms with van der Waals surface area (Å²) in [6.07, 6.45) is 7.65. The maximum Gasteiger partial charge on any atom is 4.00 e. The Morgan fingerprint density at radius 1 is 0.632 bits per heavy atom. The van der Waals surface area contributed by atoms with E-state index in [1.807, 2.05) is 24.3 Å². The summed E-state index contributed by atoms with van der Waals surface area (Å²) in [4.78, 5) is 0. The molecule has 38 heavy (non-hydrogen) atoms. The topological polar surface area (TPSA) is 6.48 Å². The van der Waals surface area contributed by atoms with Crippen LogP contribution in [0, 0.1) is 13.8 Å². The third-order valence-electron chi connectivity index (χ3n) is 5.21. The summed E-state index contributed by atoms with van der Waals surface area (Å²) in [6.45, 7) is 22.8. The first-order chi connectivity index (χ1) is 17.0. The molecule has 4 aromatic carbocycles. The summed E-state index contributed by atoms with van der Waals surface area (Å²) in [5, 5.41) is 5.39. The smallest absolute Gasteiger partial charge is 1.00 e. The van der Waals surface area contributed by atoms with Gasteiger partial charge in [-0.15, -0.1) is 108 Å². The zero-order chi connectivity index (χ0) is 25.5. The number of rotatable bonds is 10. The van der Waals surface area contributed by atoms with Gasteiger partial charge in [0, 0.05) is 26.2 Å². The monoisotopic (exact) mass is 638 g/mol. The maximum atomic E-state index is 3.75. The predicted molar refractivity (Wildman–Crippen MR) is 158 cm³/mol. The molecule has 0 aliphatic carbocycles. The molecule has 0 aliphatic rings. The fourth-order valence-corrected chi connectivity index (χ4v) is 4.99. The molecule has 198 valence electrons. The summed E-state index contributed by atoms with van der Waals surface area (Å²) in [6, 6.07) is 25.7. The van der Waals surface area contributed by atoms with Crippen molar-refractivity contribution >= 4 is 31.4 Å². The van der Waals surface area contributed by atoms with Crippen molar-refractivity contribution in [3.05, 3.63) is 135 Å². The molecule has 2 nitrogen and oxygen atoms in total. The molecule has 0 amide bonds. The van der Waals surface area contributed by atoms with Crippen molar-refractivity contribution in [1.82, 2.24) is 9.13 Å². The van der Waals surface area contributed by atoms with Crippen LogP contribution in [0.5, 0.6) is 0 Å². The second-order valence-corrected chi connectivity index (χ2v) is 9.85. The number of hydrogen-bond acceptors (Lipinski definition) is 2. The third kappa shape index (κ3) is 13.8. The van der Waals surface area contributed by atoms with E-state index >= 15 is 0 Å². The molecule has 0 fully saturated rings. The molecule has 0 atom stereocenters. The molecule has 6 heteroatoms. The van der Waals surface area contributed by atoms with Gasteiger partial charge in [-0.05, 0) is 0 Å². The summed E-state index contributed by atoms with van der Waals surface area (Å²) < 4.78 is 4.57. The number of fused-ring (bicyclic) bond motifs is 2. The molecule has 0 bridgehead atoms. The van der Waals surface area contributed by atoms with Crippen molar-refractivity contribution in [2.75, 3.05) is 26.2 Å². The fraction of sp³-hybridized carbons (Fsp3) is 0.188. The quantitative estimate of drug-likeness (QED) is 0.148.